The molecule has 1 aromatic rings. The van der Waals surface area contributed by atoms with E-state index in [1.165, 1.54) is 24.3 Å². The van der Waals surface area contributed by atoms with Gasteiger partial charge < -0.3 is 10.2 Å². The molecular formula is C18H23FN2O2. The van der Waals surface area contributed by atoms with Crippen molar-refractivity contribution in [3.05, 3.63) is 42.2 Å². The Morgan fingerprint density at radius 2 is 2.00 bits per heavy atom. The van der Waals surface area contributed by atoms with Crippen LogP contribution >= 0.6 is 0 Å². The number of carbonyl (C=O) groups excluding carboxylic acids is 2. The topological polar surface area (TPSA) is 49.4 Å². The number of anilines is 1. The minimum absolute atomic E-state index is 0.00428. The van der Waals surface area contributed by atoms with E-state index >= 15 is 0 Å². The second-order valence-corrected chi connectivity index (χ2v) is 6.14. The number of allylic oxidation sites excluding steroid dienone is 2. The monoisotopic (exact) mass is 318 g/mol. The summed E-state index contributed by atoms with van der Waals surface area (Å²) in [5.41, 5.74) is 0.520. The van der Waals surface area contributed by atoms with Gasteiger partial charge in [0.2, 0.25) is 11.8 Å². The SMILES string of the molecule is CC(C)N(CC(=O)Nc1ccc(F)cc1)C(=O)CC1C=CCC1. The Kier molecular flexibility index (Phi) is 5.90. The van der Waals surface area contributed by atoms with Crippen molar-refractivity contribution in [1.82, 2.24) is 4.90 Å². The van der Waals surface area contributed by atoms with Gasteiger partial charge in [0.15, 0.2) is 0 Å². The number of halogens is 1. The molecule has 1 aliphatic carbocycles. The lowest BCUT2D eigenvalue weighted by Gasteiger charge is -2.27. The summed E-state index contributed by atoms with van der Waals surface area (Å²) in [6, 6.07) is 5.52. The van der Waals surface area contributed by atoms with Crippen molar-refractivity contribution in [2.45, 2.75) is 39.2 Å². The fraction of sp³-hybridized carbons (Fsp3) is 0.444. The Bertz CT molecular complexity index is 581. The van der Waals surface area contributed by atoms with Crippen LogP contribution < -0.4 is 5.32 Å². The van der Waals surface area contributed by atoms with Gasteiger partial charge in [-0.1, -0.05) is 12.2 Å². The molecule has 0 fully saturated rings. The average Bonchev–Trinajstić information content (AvgIpc) is 2.99. The van der Waals surface area contributed by atoms with Gasteiger partial charge in [-0.15, -0.1) is 0 Å². The first-order chi connectivity index (χ1) is 11.0. The Balaban J connectivity index is 1.92. The number of benzene rings is 1. The molecule has 0 saturated heterocycles. The first kappa shape index (κ1) is 17.2. The van der Waals surface area contributed by atoms with Crippen LogP contribution in [0, 0.1) is 11.7 Å². The van der Waals surface area contributed by atoms with E-state index in [0.29, 0.717) is 12.1 Å². The van der Waals surface area contributed by atoms with Crippen molar-refractivity contribution in [1.29, 1.82) is 0 Å². The summed E-state index contributed by atoms with van der Waals surface area (Å²) < 4.78 is 12.9. The molecule has 4 nitrogen and oxygen atoms in total. The second kappa shape index (κ2) is 7.90. The predicted molar refractivity (Wildman–Crippen MR) is 88.4 cm³/mol. The Morgan fingerprint density at radius 1 is 1.30 bits per heavy atom. The van der Waals surface area contributed by atoms with Gasteiger partial charge in [-0.05, 0) is 56.9 Å². The van der Waals surface area contributed by atoms with Crippen LogP contribution in [-0.4, -0.2) is 29.3 Å². The highest BCUT2D eigenvalue weighted by Crippen LogP contribution is 2.21. The van der Waals surface area contributed by atoms with Gasteiger partial charge in [0, 0.05) is 18.2 Å². The molecule has 2 rings (SSSR count). The minimum atomic E-state index is -0.355. The number of nitrogens with one attached hydrogen (secondary N) is 1. The highest BCUT2D eigenvalue weighted by molar-refractivity contribution is 5.94. The summed E-state index contributed by atoms with van der Waals surface area (Å²) in [6.07, 6.45) is 6.64. The quantitative estimate of drug-likeness (QED) is 0.818. The number of hydrogen-bond acceptors (Lipinski definition) is 2. The van der Waals surface area contributed by atoms with Crippen LogP contribution in [0.4, 0.5) is 10.1 Å². The first-order valence-corrected chi connectivity index (χ1v) is 7.97. The van der Waals surface area contributed by atoms with E-state index in [4.69, 9.17) is 0 Å². The molecule has 0 aliphatic heterocycles. The van der Waals surface area contributed by atoms with E-state index in [-0.39, 0.29) is 36.1 Å². The molecule has 1 atom stereocenters. The van der Waals surface area contributed by atoms with Crippen LogP contribution in [0.2, 0.25) is 0 Å². The van der Waals surface area contributed by atoms with Gasteiger partial charge >= 0.3 is 0 Å². The Hall–Kier alpha value is -2.17. The van der Waals surface area contributed by atoms with Crippen molar-refractivity contribution in [3.8, 4) is 0 Å². The van der Waals surface area contributed by atoms with Gasteiger partial charge in [-0.2, -0.15) is 0 Å². The van der Waals surface area contributed by atoms with Crippen molar-refractivity contribution < 1.29 is 14.0 Å². The number of amides is 2. The summed E-state index contributed by atoms with van der Waals surface area (Å²) in [5, 5.41) is 2.69. The van der Waals surface area contributed by atoms with Gasteiger partial charge in [-0.3, -0.25) is 9.59 Å². The molecule has 0 spiro atoms. The van der Waals surface area contributed by atoms with Crippen molar-refractivity contribution in [2.24, 2.45) is 5.92 Å². The van der Waals surface area contributed by atoms with Gasteiger partial charge in [0.25, 0.3) is 0 Å². The van der Waals surface area contributed by atoms with Gasteiger partial charge in [0.1, 0.15) is 12.4 Å². The summed E-state index contributed by atoms with van der Waals surface area (Å²) in [5.74, 6) is -0.359. The molecule has 2 amide bonds. The number of carbonyl (C=O) groups is 2. The van der Waals surface area contributed by atoms with Crippen LogP contribution in [0.1, 0.15) is 33.1 Å². The maximum absolute atomic E-state index is 12.9. The number of rotatable bonds is 6. The normalized spacial score (nSPS) is 16.6. The third-order valence-electron chi connectivity index (χ3n) is 3.93. The van der Waals surface area contributed by atoms with Crippen LogP contribution in [0.25, 0.3) is 0 Å². The number of hydrogen-bond donors (Lipinski definition) is 1. The minimum Gasteiger partial charge on any atom is -0.331 e. The van der Waals surface area contributed by atoms with Crippen molar-refractivity contribution in [3.63, 3.8) is 0 Å². The first-order valence-electron chi connectivity index (χ1n) is 7.97. The van der Waals surface area contributed by atoms with Crippen molar-refractivity contribution >= 4 is 17.5 Å². The number of nitrogens with zero attached hydrogens (tertiary/aromatic N) is 1. The third kappa shape index (κ3) is 5.20. The molecule has 0 bridgehead atoms. The van der Waals surface area contributed by atoms with Crippen LogP contribution in [0.15, 0.2) is 36.4 Å². The second-order valence-electron chi connectivity index (χ2n) is 6.14. The van der Waals surface area contributed by atoms with E-state index in [2.05, 4.69) is 17.5 Å². The molecule has 1 aliphatic rings. The fourth-order valence-electron chi connectivity index (χ4n) is 2.65. The smallest absolute Gasteiger partial charge is 0.244 e. The lowest BCUT2D eigenvalue weighted by Crippen LogP contribution is -2.42. The van der Waals surface area contributed by atoms with E-state index < -0.39 is 0 Å². The third-order valence-corrected chi connectivity index (χ3v) is 3.93. The molecule has 0 aromatic heterocycles. The van der Waals surface area contributed by atoms with Gasteiger partial charge in [0.05, 0.1) is 0 Å². The Morgan fingerprint density at radius 3 is 2.57 bits per heavy atom. The molecule has 0 saturated carbocycles. The zero-order valence-electron chi connectivity index (χ0n) is 13.6. The van der Waals surface area contributed by atoms with E-state index in [1.54, 1.807) is 4.90 Å². The molecular weight excluding hydrogens is 295 g/mol. The largest absolute Gasteiger partial charge is 0.331 e. The molecule has 124 valence electrons. The van der Waals surface area contributed by atoms with Crippen LogP contribution in [0.5, 0.6) is 0 Å². The Labute approximate surface area is 136 Å². The maximum Gasteiger partial charge on any atom is 0.244 e. The molecule has 0 radical (unpaired) electrons. The van der Waals surface area contributed by atoms with E-state index in [9.17, 15) is 14.0 Å². The highest BCUT2D eigenvalue weighted by Gasteiger charge is 2.23. The molecule has 23 heavy (non-hydrogen) atoms. The zero-order chi connectivity index (χ0) is 16.8. The molecule has 1 unspecified atom stereocenters. The molecule has 0 heterocycles. The summed E-state index contributed by atoms with van der Waals surface area (Å²) in [4.78, 5) is 26.2. The van der Waals surface area contributed by atoms with Crippen LogP contribution in [-0.2, 0) is 9.59 Å². The van der Waals surface area contributed by atoms with Crippen LogP contribution in [0.3, 0.4) is 0 Å². The lowest BCUT2D eigenvalue weighted by molar-refractivity contribution is -0.137. The van der Waals surface area contributed by atoms with E-state index in [0.717, 1.165) is 12.8 Å². The molecule has 1 N–H and O–H groups in total. The zero-order valence-corrected chi connectivity index (χ0v) is 13.6. The van der Waals surface area contributed by atoms with Gasteiger partial charge in [-0.25, -0.2) is 4.39 Å². The lowest BCUT2D eigenvalue weighted by atomic mass is 10.0. The molecule has 5 heteroatoms. The molecule has 1 aromatic carbocycles. The van der Waals surface area contributed by atoms with E-state index in [1.807, 2.05) is 13.8 Å². The summed E-state index contributed by atoms with van der Waals surface area (Å²) in [6.45, 7) is 3.80. The summed E-state index contributed by atoms with van der Waals surface area (Å²) >= 11 is 0. The summed E-state index contributed by atoms with van der Waals surface area (Å²) in [7, 11) is 0. The fourth-order valence-corrected chi connectivity index (χ4v) is 2.65. The highest BCUT2D eigenvalue weighted by atomic mass is 19.1. The average molecular weight is 318 g/mol. The standard InChI is InChI=1S/C18H23FN2O2/c1-13(2)21(18(23)11-14-5-3-4-6-14)12-17(22)20-16-9-7-15(19)8-10-16/h3,5,7-10,13-14H,4,6,11-12H2,1-2H3,(H,20,22). The van der Waals surface area contributed by atoms with Crippen molar-refractivity contribution in [2.75, 3.05) is 11.9 Å². The predicted octanol–water partition coefficient (Wildman–Crippen LogP) is 3.36. The maximum atomic E-state index is 12.9.